The van der Waals surface area contributed by atoms with Gasteiger partial charge in [-0.25, -0.2) is 13.6 Å². The van der Waals surface area contributed by atoms with E-state index in [2.05, 4.69) is 6.07 Å². The number of amides is 1. The Kier molecular flexibility index (Phi) is 8.25. The second-order valence-corrected chi connectivity index (χ2v) is 11.0. The number of nitrogens with two attached hydrogens (primary N) is 1. The first-order valence-corrected chi connectivity index (χ1v) is 13.8. The normalized spacial score (nSPS) is 15.5. The van der Waals surface area contributed by atoms with Gasteiger partial charge < -0.3 is 14.4 Å². The van der Waals surface area contributed by atoms with Crippen LogP contribution in [0.15, 0.2) is 60.7 Å². The van der Waals surface area contributed by atoms with Crippen LogP contribution >= 0.6 is 23.2 Å². The number of carbonyl (C=O) groups excluding carboxylic acids is 1. The molecule has 1 atom stereocenters. The molecule has 1 saturated heterocycles. The van der Waals surface area contributed by atoms with Crippen LogP contribution in [-0.4, -0.2) is 33.2 Å². The van der Waals surface area contributed by atoms with E-state index in [1.165, 1.54) is 0 Å². The molecule has 8 nitrogen and oxygen atoms in total. The van der Waals surface area contributed by atoms with Gasteiger partial charge in [-0.2, -0.15) is 5.26 Å². The molecular formula is C26H23Cl2N3O5S. The van der Waals surface area contributed by atoms with Gasteiger partial charge in [-0.15, -0.1) is 0 Å². The summed E-state index contributed by atoms with van der Waals surface area (Å²) in [6.07, 6.45) is 0.594. The van der Waals surface area contributed by atoms with Crippen molar-refractivity contribution in [1.29, 1.82) is 5.26 Å². The molecule has 4 rings (SSSR count). The van der Waals surface area contributed by atoms with Crippen LogP contribution in [0.25, 0.3) is 0 Å². The molecule has 1 heterocycles. The summed E-state index contributed by atoms with van der Waals surface area (Å²) in [6.45, 7) is 0.676. The number of carbonyl (C=O) groups is 1. The number of halogens is 2. The van der Waals surface area contributed by atoms with Crippen molar-refractivity contribution in [3.63, 3.8) is 0 Å². The van der Waals surface area contributed by atoms with Crippen LogP contribution in [0.4, 0.5) is 5.69 Å². The van der Waals surface area contributed by atoms with Gasteiger partial charge in [-0.1, -0.05) is 35.3 Å². The number of para-hydroxylation sites is 1. The van der Waals surface area contributed by atoms with Crippen molar-refractivity contribution in [1.82, 2.24) is 0 Å². The van der Waals surface area contributed by atoms with Crippen LogP contribution in [0.3, 0.4) is 0 Å². The summed E-state index contributed by atoms with van der Waals surface area (Å²) in [6, 6.07) is 19.3. The highest BCUT2D eigenvalue weighted by Crippen LogP contribution is 2.39. The van der Waals surface area contributed by atoms with Gasteiger partial charge in [0.05, 0.1) is 28.0 Å². The van der Waals surface area contributed by atoms with Crippen LogP contribution in [0.1, 0.15) is 29.9 Å². The molecule has 0 aromatic heterocycles. The van der Waals surface area contributed by atoms with Gasteiger partial charge in [0.15, 0.2) is 5.75 Å². The number of rotatable bonds is 9. The fourth-order valence-corrected chi connectivity index (χ4v) is 4.90. The zero-order chi connectivity index (χ0) is 26.6. The zero-order valence-corrected chi connectivity index (χ0v) is 21.9. The lowest BCUT2D eigenvalue weighted by molar-refractivity contribution is -0.117. The van der Waals surface area contributed by atoms with Gasteiger partial charge in [0.25, 0.3) is 0 Å². The highest BCUT2D eigenvalue weighted by atomic mass is 35.5. The summed E-state index contributed by atoms with van der Waals surface area (Å²) < 4.78 is 33.5. The van der Waals surface area contributed by atoms with Crippen molar-refractivity contribution in [2.75, 3.05) is 23.8 Å². The van der Waals surface area contributed by atoms with E-state index < -0.39 is 10.0 Å². The number of sulfonamides is 1. The Morgan fingerprint density at radius 1 is 1.08 bits per heavy atom. The first-order chi connectivity index (χ1) is 17.6. The third kappa shape index (κ3) is 6.73. The van der Waals surface area contributed by atoms with Crippen LogP contribution < -0.4 is 19.5 Å². The highest BCUT2D eigenvalue weighted by molar-refractivity contribution is 7.89. The molecule has 37 heavy (non-hydrogen) atoms. The Labute approximate surface area is 225 Å². The molecule has 2 N–H and O–H groups in total. The predicted molar refractivity (Wildman–Crippen MR) is 142 cm³/mol. The van der Waals surface area contributed by atoms with E-state index >= 15 is 0 Å². The average molecular weight is 560 g/mol. The molecule has 1 aliphatic heterocycles. The number of benzene rings is 3. The maximum absolute atomic E-state index is 12.8. The van der Waals surface area contributed by atoms with E-state index in [9.17, 15) is 18.5 Å². The molecule has 0 unspecified atom stereocenters. The molecule has 192 valence electrons. The van der Waals surface area contributed by atoms with E-state index in [4.69, 9.17) is 37.8 Å². The van der Waals surface area contributed by atoms with E-state index in [0.717, 1.165) is 11.3 Å². The molecule has 3 aromatic carbocycles. The molecule has 1 fully saturated rings. The molecule has 0 bridgehead atoms. The molecule has 0 saturated carbocycles. The SMILES string of the molecule is N#Cc1cccc(Cl)c1Oc1cc([C@H]2CC(=O)N(c3ccc(OCCCS(N)(=O)=O)cc3)C2)ccc1Cl. The minimum absolute atomic E-state index is 0.0258. The fourth-order valence-electron chi connectivity index (χ4n) is 4.02. The second kappa shape index (κ2) is 11.4. The molecular weight excluding hydrogens is 537 g/mol. The van der Waals surface area contributed by atoms with Crippen LogP contribution in [-0.2, 0) is 14.8 Å². The topological polar surface area (TPSA) is 123 Å². The molecule has 0 spiro atoms. The molecule has 0 aliphatic carbocycles. The summed E-state index contributed by atoms with van der Waals surface area (Å²) in [5, 5.41) is 15.0. The third-order valence-corrected chi connectivity index (χ3v) is 7.31. The molecule has 0 radical (unpaired) electrons. The van der Waals surface area contributed by atoms with Crippen LogP contribution in [0.2, 0.25) is 10.0 Å². The lowest BCUT2D eigenvalue weighted by atomic mass is 9.98. The Bertz CT molecular complexity index is 1460. The van der Waals surface area contributed by atoms with Crippen molar-refractivity contribution in [3.05, 3.63) is 81.8 Å². The summed E-state index contributed by atoms with van der Waals surface area (Å²) in [4.78, 5) is 14.5. The van der Waals surface area contributed by atoms with E-state index in [-0.39, 0.29) is 41.9 Å². The van der Waals surface area contributed by atoms with E-state index in [1.807, 2.05) is 6.07 Å². The largest absolute Gasteiger partial charge is 0.494 e. The van der Waals surface area contributed by atoms with Gasteiger partial charge in [-0.05, 0) is 60.5 Å². The highest BCUT2D eigenvalue weighted by Gasteiger charge is 2.32. The first kappa shape index (κ1) is 26.8. The summed E-state index contributed by atoms with van der Waals surface area (Å²) in [5.41, 5.74) is 1.88. The monoisotopic (exact) mass is 559 g/mol. The Balaban J connectivity index is 1.44. The number of anilines is 1. The summed E-state index contributed by atoms with van der Waals surface area (Å²) in [7, 11) is -3.52. The number of nitrogens with zero attached hydrogens (tertiary/aromatic N) is 2. The fraction of sp³-hybridized carbons (Fsp3) is 0.231. The van der Waals surface area contributed by atoms with Gasteiger partial charge in [0.1, 0.15) is 17.6 Å². The van der Waals surface area contributed by atoms with Crippen molar-refractivity contribution in [2.24, 2.45) is 5.14 Å². The van der Waals surface area contributed by atoms with E-state index in [0.29, 0.717) is 34.5 Å². The zero-order valence-electron chi connectivity index (χ0n) is 19.6. The smallest absolute Gasteiger partial charge is 0.227 e. The van der Waals surface area contributed by atoms with Gasteiger partial charge in [0.2, 0.25) is 15.9 Å². The molecule has 3 aromatic rings. The standard InChI is InChI=1S/C26H23Cl2N3O5S/c27-22-10-5-17(13-24(22)36-26-18(15-29)3-1-4-23(26)28)19-14-25(32)31(16-19)20-6-8-21(9-7-20)35-11-2-12-37(30,33)34/h1,3-10,13,19H,2,11-12,14,16H2,(H2,30,33,34)/t19-/m0/s1. The Morgan fingerprint density at radius 3 is 2.54 bits per heavy atom. The maximum Gasteiger partial charge on any atom is 0.227 e. The van der Waals surface area contributed by atoms with Crippen molar-refractivity contribution in [2.45, 2.75) is 18.8 Å². The lowest BCUT2D eigenvalue weighted by Gasteiger charge is -2.18. The van der Waals surface area contributed by atoms with Crippen LogP contribution in [0.5, 0.6) is 17.2 Å². The molecule has 1 aliphatic rings. The number of hydrogen-bond donors (Lipinski definition) is 1. The van der Waals surface area contributed by atoms with Crippen LogP contribution in [0, 0.1) is 11.3 Å². The molecule has 1 amide bonds. The van der Waals surface area contributed by atoms with E-state index in [1.54, 1.807) is 59.5 Å². The Morgan fingerprint density at radius 2 is 1.84 bits per heavy atom. The number of nitriles is 1. The Hall–Kier alpha value is -3.29. The first-order valence-electron chi connectivity index (χ1n) is 11.3. The minimum atomic E-state index is -3.52. The van der Waals surface area contributed by atoms with Crippen molar-refractivity contribution < 1.29 is 22.7 Å². The number of hydrogen-bond acceptors (Lipinski definition) is 6. The summed E-state index contributed by atoms with van der Waals surface area (Å²) in [5.74, 6) is 0.868. The molecule has 11 heteroatoms. The lowest BCUT2D eigenvalue weighted by Crippen LogP contribution is -2.24. The third-order valence-electron chi connectivity index (χ3n) is 5.84. The minimum Gasteiger partial charge on any atom is -0.494 e. The second-order valence-electron chi connectivity index (χ2n) is 8.49. The maximum atomic E-state index is 12.8. The van der Waals surface area contributed by atoms with Gasteiger partial charge >= 0.3 is 0 Å². The van der Waals surface area contributed by atoms with Gasteiger partial charge in [-0.3, -0.25) is 4.79 Å². The van der Waals surface area contributed by atoms with Crippen molar-refractivity contribution >= 4 is 44.8 Å². The number of primary sulfonamides is 1. The predicted octanol–water partition coefficient (Wildman–Crippen LogP) is 5.24. The van der Waals surface area contributed by atoms with Crippen molar-refractivity contribution in [3.8, 4) is 23.3 Å². The summed E-state index contributed by atoms with van der Waals surface area (Å²) >= 11 is 12.6. The quantitative estimate of drug-likeness (QED) is 0.358. The van der Waals surface area contributed by atoms with Gasteiger partial charge in [0, 0.05) is 24.6 Å². The number of ether oxygens (including phenoxy) is 2. The average Bonchev–Trinajstić information content (AvgIpc) is 3.25.